The zero-order valence-corrected chi connectivity index (χ0v) is 23.5. The molecule has 0 fully saturated rings. The van der Waals surface area contributed by atoms with Gasteiger partial charge in [-0.2, -0.15) is 0 Å². The molecular weight excluding hydrogens is 466 g/mol. The first-order valence-electron chi connectivity index (χ1n) is 15.0. The van der Waals surface area contributed by atoms with Crippen molar-refractivity contribution in [2.75, 3.05) is 6.61 Å². The van der Waals surface area contributed by atoms with Crippen LogP contribution in [-0.2, 0) is 6.42 Å². The SMILES string of the molecule is CCCCCCCCCCCCc1cnc(-c2ccc(OCCC(F)CCCCCCC)c(F)c2)nc1. The number of benzene rings is 1. The molecular formula is C32H50F2N2O. The summed E-state index contributed by atoms with van der Waals surface area (Å²) in [5.41, 5.74) is 1.74. The molecule has 3 nitrogen and oxygen atoms in total. The number of ether oxygens (including phenoxy) is 1. The Morgan fingerprint density at radius 3 is 1.89 bits per heavy atom. The van der Waals surface area contributed by atoms with Crippen LogP contribution in [0.2, 0.25) is 0 Å². The molecule has 5 heteroatoms. The molecule has 2 aromatic rings. The van der Waals surface area contributed by atoms with Crippen LogP contribution in [0.5, 0.6) is 5.75 Å². The summed E-state index contributed by atoms with van der Waals surface area (Å²) in [5.74, 6) is 0.186. The van der Waals surface area contributed by atoms with Crippen molar-refractivity contribution in [2.45, 2.75) is 136 Å². The lowest BCUT2D eigenvalue weighted by Crippen LogP contribution is -2.08. The molecule has 0 aliphatic carbocycles. The van der Waals surface area contributed by atoms with Crippen LogP contribution in [0.25, 0.3) is 11.4 Å². The Morgan fingerprint density at radius 1 is 0.730 bits per heavy atom. The van der Waals surface area contributed by atoms with Gasteiger partial charge in [0.05, 0.1) is 6.61 Å². The van der Waals surface area contributed by atoms with Gasteiger partial charge in [-0.25, -0.2) is 18.7 Å². The van der Waals surface area contributed by atoms with E-state index in [-0.39, 0.29) is 12.4 Å². The summed E-state index contributed by atoms with van der Waals surface area (Å²) in [4.78, 5) is 8.90. The molecule has 0 saturated heterocycles. The summed E-state index contributed by atoms with van der Waals surface area (Å²) in [6, 6.07) is 4.74. The number of hydrogen-bond donors (Lipinski definition) is 0. The lowest BCUT2D eigenvalue weighted by molar-refractivity contribution is 0.217. The molecule has 208 valence electrons. The van der Waals surface area contributed by atoms with E-state index in [1.165, 1.54) is 83.1 Å². The minimum Gasteiger partial charge on any atom is -0.490 e. The largest absolute Gasteiger partial charge is 0.490 e. The van der Waals surface area contributed by atoms with E-state index < -0.39 is 12.0 Å². The molecule has 0 amide bonds. The highest BCUT2D eigenvalue weighted by Crippen LogP contribution is 2.24. The Balaban J connectivity index is 1.64. The first-order chi connectivity index (χ1) is 18.1. The highest BCUT2D eigenvalue weighted by Gasteiger charge is 2.11. The molecule has 0 bridgehead atoms. The van der Waals surface area contributed by atoms with E-state index in [9.17, 15) is 8.78 Å². The minimum absolute atomic E-state index is 0.150. The van der Waals surface area contributed by atoms with E-state index in [2.05, 4.69) is 23.8 Å². The number of aromatic nitrogens is 2. The molecule has 1 unspecified atom stereocenters. The average Bonchev–Trinajstić information content (AvgIpc) is 2.91. The quantitative estimate of drug-likeness (QED) is 0.146. The third-order valence-electron chi connectivity index (χ3n) is 7.02. The Morgan fingerprint density at radius 2 is 1.30 bits per heavy atom. The van der Waals surface area contributed by atoms with Gasteiger partial charge < -0.3 is 4.74 Å². The zero-order chi connectivity index (χ0) is 26.6. The summed E-state index contributed by atoms with van der Waals surface area (Å²) in [7, 11) is 0. The maximum Gasteiger partial charge on any atom is 0.165 e. The Kier molecular flexibility index (Phi) is 16.8. The van der Waals surface area contributed by atoms with Gasteiger partial charge in [0.25, 0.3) is 0 Å². The van der Waals surface area contributed by atoms with Crippen molar-refractivity contribution in [3.05, 3.63) is 42.0 Å². The molecule has 0 N–H and O–H groups in total. The van der Waals surface area contributed by atoms with Crippen LogP contribution in [0.1, 0.15) is 129 Å². The topological polar surface area (TPSA) is 35.0 Å². The van der Waals surface area contributed by atoms with Crippen molar-refractivity contribution in [3.63, 3.8) is 0 Å². The lowest BCUT2D eigenvalue weighted by atomic mass is 10.0. The smallest absolute Gasteiger partial charge is 0.165 e. The third kappa shape index (κ3) is 13.9. The second kappa shape index (κ2) is 20.0. The van der Waals surface area contributed by atoms with Crippen molar-refractivity contribution in [3.8, 4) is 17.1 Å². The van der Waals surface area contributed by atoms with Crippen LogP contribution in [0.4, 0.5) is 8.78 Å². The van der Waals surface area contributed by atoms with Gasteiger partial charge in [0, 0.05) is 24.4 Å². The summed E-state index contributed by atoms with van der Waals surface area (Å²) < 4.78 is 34.1. The fraction of sp³-hybridized carbons (Fsp3) is 0.688. The van der Waals surface area contributed by atoms with Gasteiger partial charge in [0.15, 0.2) is 17.4 Å². The van der Waals surface area contributed by atoms with Gasteiger partial charge >= 0.3 is 0 Å². The zero-order valence-electron chi connectivity index (χ0n) is 23.5. The van der Waals surface area contributed by atoms with Crippen LogP contribution < -0.4 is 4.74 Å². The molecule has 1 aromatic carbocycles. The van der Waals surface area contributed by atoms with E-state index >= 15 is 0 Å². The first kappa shape index (κ1) is 31.2. The minimum atomic E-state index is -0.892. The molecule has 1 aromatic heterocycles. The Bertz CT molecular complexity index is 828. The van der Waals surface area contributed by atoms with Gasteiger partial charge in [-0.1, -0.05) is 104 Å². The predicted octanol–water partition coefficient (Wildman–Crippen LogP) is 10.2. The van der Waals surface area contributed by atoms with Crippen LogP contribution >= 0.6 is 0 Å². The number of hydrogen-bond acceptors (Lipinski definition) is 3. The lowest BCUT2D eigenvalue weighted by Gasteiger charge is -2.11. The molecule has 0 spiro atoms. The molecule has 0 aliphatic rings. The fourth-order valence-electron chi connectivity index (χ4n) is 4.62. The Hall–Kier alpha value is -2.04. The van der Waals surface area contributed by atoms with E-state index in [0.29, 0.717) is 24.2 Å². The number of rotatable bonds is 22. The first-order valence-corrected chi connectivity index (χ1v) is 15.0. The highest BCUT2D eigenvalue weighted by atomic mass is 19.1. The third-order valence-corrected chi connectivity index (χ3v) is 7.02. The molecule has 0 saturated carbocycles. The number of nitrogens with zero attached hydrogens (tertiary/aromatic N) is 2. The Labute approximate surface area is 224 Å². The van der Waals surface area contributed by atoms with Crippen molar-refractivity contribution in [1.82, 2.24) is 9.97 Å². The normalized spacial score (nSPS) is 12.1. The van der Waals surface area contributed by atoms with Crippen molar-refractivity contribution in [1.29, 1.82) is 0 Å². The number of alkyl halides is 1. The van der Waals surface area contributed by atoms with Crippen LogP contribution in [-0.4, -0.2) is 22.7 Å². The van der Waals surface area contributed by atoms with Gasteiger partial charge in [0.1, 0.15) is 6.17 Å². The van der Waals surface area contributed by atoms with Crippen LogP contribution in [0.3, 0.4) is 0 Å². The van der Waals surface area contributed by atoms with Crippen molar-refractivity contribution >= 4 is 0 Å². The van der Waals surface area contributed by atoms with Crippen LogP contribution in [0, 0.1) is 5.82 Å². The molecule has 1 heterocycles. The van der Waals surface area contributed by atoms with Gasteiger partial charge in [0.2, 0.25) is 0 Å². The second-order valence-electron chi connectivity index (χ2n) is 10.4. The summed E-state index contributed by atoms with van der Waals surface area (Å²) in [6.07, 6.45) is 23.4. The van der Waals surface area contributed by atoms with E-state index in [1.54, 1.807) is 12.1 Å². The number of unbranched alkanes of at least 4 members (excludes halogenated alkanes) is 13. The van der Waals surface area contributed by atoms with Crippen molar-refractivity contribution in [2.24, 2.45) is 0 Å². The van der Waals surface area contributed by atoms with Gasteiger partial charge in [-0.05, 0) is 43.0 Å². The van der Waals surface area contributed by atoms with E-state index in [0.717, 1.165) is 31.2 Å². The summed E-state index contributed by atoms with van der Waals surface area (Å²) in [5, 5.41) is 0. The van der Waals surface area contributed by atoms with Crippen LogP contribution in [0.15, 0.2) is 30.6 Å². The molecule has 0 radical (unpaired) electrons. The fourth-order valence-corrected chi connectivity index (χ4v) is 4.62. The van der Waals surface area contributed by atoms with E-state index in [1.807, 2.05) is 12.4 Å². The predicted molar refractivity (Wildman–Crippen MR) is 151 cm³/mol. The second-order valence-corrected chi connectivity index (χ2v) is 10.4. The maximum absolute atomic E-state index is 14.6. The molecule has 0 aliphatic heterocycles. The molecule has 37 heavy (non-hydrogen) atoms. The maximum atomic E-state index is 14.6. The highest BCUT2D eigenvalue weighted by molar-refractivity contribution is 5.56. The monoisotopic (exact) mass is 516 g/mol. The van der Waals surface area contributed by atoms with Gasteiger partial charge in [-0.15, -0.1) is 0 Å². The van der Waals surface area contributed by atoms with Gasteiger partial charge in [-0.3, -0.25) is 0 Å². The number of halogens is 2. The summed E-state index contributed by atoms with van der Waals surface area (Å²) >= 11 is 0. The molecule has 1 atom stereocenters. The average molecular weight is 517 g/mol. The van der Waals surface area contributed by atoms with E-state index in [4.69, 9.17) is 4.74 Å². The standard InChI is InChI=1S/C32H50F2N2O/c1-3-5-7-9-10-11-12-13-15-16-18-27-25-35-32(36-26-27)28-20-21-31(30(34)24-28)37-23-22-29(33)19-17-14-8-6-4-2/h20-21,24-26,29H,3-19,22-23H2,1-2H3. The van der Waals surface area contributed by atoms with Crippen molar-refractivity contribution < 1.29 is 13.5 Å². The number of aryl methyl sites for hydroxylation is 1. The molecule has 2 rings (SSSR count). The summed E-state index contributed by atoms with van der Waals surface area (Å²) in [6.45, 7) is 4.61.